The van der Waals surface area contributed by atoms with E-state index in [2.05, 4.69) is 78.6 Å². The number of hydrogen-bond acceptors (Lipinski definition) is 12. The molecule has 0 saturated carbocycles. The van der Waals surface area contributed by atoms with Crippen molar-refractivity contribution in [2.45, 2.75) is 65.3 Å². The van der Waals surface area contributed by atoms with Crippen LogP contribution < -0.4 is 25.8 Å². The fourth-order valence-corrected chi connectivity index (χ4v) is 8.41. The molecule has 332 valence electrons. The number of carbonyl (C=O) groups is 4. The first kappa shape index (κ1) is 46.9. The van der Waals surface area contributed by atoms with Gasteiger partial charge in [0.2, 0.25) is 0 Å². The molecular weight excluding hydrogens is 860 g/mol. The summed E-state index contributed by atoms with van der Waals surface area (Å²) in [5.74, 6) is 0.147. The number of pyridine rings is 4. The molecule has 2 aliphatic heterocycles. The van der Waals surface area contributed by atoms with Gasteiger partial charge in [0.25, 0.3) is 11.8 Å². The fraction of sp³-hybridized carbons (Fsp3) is 0.417. The van der Waals surface area contributed by atoms with Gasteiger partial charge in [0.05, 0.1) is 34.2 Å². The molecule has 0 bridgehead atoms. The van der Waals surface area contributed by atoms with Crippen molar-refractivity contribution < 1.29 is 19.2 Å². The van der Waals surface area contributed by atoms with E-state index in [1.165, 1.54) is 0 Å². The number of anilines is 2. The van der Waals surface area contributed by atoms with Crippen LogP contribution in [0.1, 0.15) is 92.7 Å². The zero-order valence-electron chi connectivity index (χ0n) is 37.3. The number of aryl methyl sites for hydroxylation is 2. The molecule has 8 rings (SSSR count). The molecule has 2 aliphatic carbocycles. The van der Waals surface area contributed by atoms with E-state index in [1.807, 2.05) is 64.4 Å². The van der Waals surface area contributed by atoms with Crippen LogP contribution in [0, 0.1) is 13.8 Å². The maximum atomic E-state index is 12.2. The standard InChI is InChI=1S/C24H29N5O2.C12H12BrNO.C12H18N4O/c1-4-18-12-21-19(13-23(18)30)11-17(14-26-21)15-28-7-9-29(10-8-28)22-6-5-20(24(31)25-3)27-16(22)2;1-2-9-4-11-10(5-12(9)15)3-8(6-13)7-14-11;1-9-11(16-7-5-14-6-8-16)4-3-10(15-9)12(17)13-2/h5-6,11-12,14H,4,7-10,13,15H2,1-3H3,(H,25,31);3-4,7H,2,5-6H2,1H3;3-4,14H,5-8H2,1-2H3,(H,13,17). The summed E-state index contributed by atoms with van der Waals surface area (Å²) in [6, 6.07) is 11.7. The Morgan fingerprint density at radius 1 is 0.683 bits per heavy atom. The molecular formula is C48H59BrN10O4. The summed E-state index contributed by atoms with van der Waals surface area (Å²) in [7, 11) is 3.23. The molecule has 63 heavy (non-hydrogen) atoms. The minimum atomic E-state index is -0.166. The normalized spacial score (nSPS) is 16.0. The van der Waals surface area contributed by atoms with Crippen LogP contribution in [-0.2, 0) is 34.3 Å². The molecule has 4 aliphatic rings. The van der Waals surface area contributed by atoms with Crippen molar-refractivity contribution in [2.75, 3.05) is 76.3 Å². The van der Waals surface area contributed by atoms with Crippen molar-refractivity contribution in [3.63, 3.8) is 0 Å². The molecule has 0 aromatic carbocycles. The first-order chi connectivity index (χ1) is 30.4. The number of allylic oxidation sites excluding steroid dienone is 2. The SMILES string of the molecule is CCC1=Cc2ncc(CBr)cc2CC1=O.CCC1=Cc2ncc(CN3CCN(c4ccc(C(=O)NC)nc4C)CC3)cc2CC1=O.CNC(=O)c1ccc(N2CCNCC2)c(C)n1. The maximum Gasteiger partial charge on any atom is 0.269 e. The molecule has 4 aromatic heterocycles. The lowest BCUT2D eigenvalue weighted by atomic mass is 9.92. The first-order valence-corrected chi connectivity index (χ1v) is 22.9. The van der Waals surface area contributed by atoms with E-state index in [0.717, 1.165) is 145 Å². The number of halogens is 1. The number of aromatic nitrogens is 4. The first-order valence-electron chi connectivity index (χ1n) is 21.8. The number of piperazine rings is 2. The second-order valence-corrected chi connectivity index (χ2v) is 16.5. The molecule has 2 saturated heterocycles. The predicted molar refractivity (Wildman–Crippen MR) is 252 cm³/mol. The number of hydrogen-bond donors (Lipinski definition) is 3. The lowest BCUT2D eigenvalue weighted by molar-refractivity contribution is -0.115. The molecule has 2 fully saturated rings. The zero-order valence-corrected chi connectivity index (χ0v) is 38.9. The summed E-state index contributed by atoms with van der Waals surface area (Å²) in [6.07, 6.45) is 10.2. The third-order valence-corrected chi connectivity index (χ3v) is 12.3. The Morgan fingerprint density at radius 3 is 1.59 bits per heavy atom. The van der Waals surface area contributed by atoms with Crippen molar-refractivity contribution in [1.82, 2.24) is 40.8 Å². The van der Waals surface area contributed by atoms with Crippen LogP contribution in [0.3, 0.4) is 0 Å². The Labute approximate surface area is 379 Å². The monoisotopic (exact) mass is 918 g/mol. The number of Topliss-reactive ketones (excluding diaryl/α,β-unsaturated/α-hetero) is 2. The second-order valence-electron chi connectivity index (χ2n) is 15.9. The molecule has 0 atom stereocenters. The zero-order chi connectivity index (χ0) is 45.0. The average Bonchev–Trinajstić information content (AvgIpc) is 3.31. The summed E-state index contributed by atoms with van der Waals surface area (Å²) in [6.45, 7) is 16.4. The average molecular weight is 920 g/mol. The highest BCUT2D eigenvalue weighted by molar-refractivity contribution is 9.08. The van der Waals surface area contributed by atoms with Gasteiger partial charge >= 0.3 is 0 Å². The van der Waals surface area contributed by atoms with Crippen molar-refractivity contribution >= 4 is 62.8 Å². The molecule has 2 amide bonds. The fourth-order valence-electron chi connectivity index (χ4n) is 8.10. The van der Waals surface area contributed by atoms with Gasteiger partial charge in [0.1, 0.15) is 11.4 Å². The topological polar surface area (TPSA) is 166 Å². The lowest BCUT2D eigenvalue weighted by Crippen LogP contribution is -2.46. The minimum Gasteiger partial charge on any atom is -0.368 e. The Morgan fingerprint density at radius 2 is 1.14 bits per heavy atom. The van der Waals surface area contributed by atoms with Crippen molar-refractivity contribution in [1.29, 1.82) is 0 Å². The number of rotatable bonds is 9. The van der Waals surface area contributed by atoms with E-state index >= 15 is 0 Å². The number of nitrogens with one attached hydrogen (secondary N) is 3. The summed E-state index contributed by atoms with van der Waals surface area (Å²) >= 11 is 3.39. The van der Waals surface area contributed by atoms with E-state index in [4.69, 9.17) is 0 Å². The number of amides is 2. The summed E-state index contributed by atoms with van der Waals surface area (Å²) < 4.78 is 0. The molecule has 4 aromatic rings. The van der Waals surface area contributed by atoms with Gasteiger partial charge in [-0.1, -0.05) is 41.9 Å². The van der Waals surface area contributed by atoms with E-state index in [0.29, 0.717) is 24.2 Å². The molecule has 6 heterocycles. The van der Waals surface area contributed by atoms with Gasteiger partial charge in [-0.3, -0.25) is 34.0 Å². The molecule has 3 N–H and O–H groups in total. The molecule has 0 unspecified atom stereocenters. The largest absolute Gasteiger partial charge is 0.368 e. The number of fused-ring (bicyclic) bond motifs is 2. The van der Waals surface area contributed by atoms with E-state index in [-0.39, 0.29) is 23.4 Å². The summed E-state index contributed by atoms with van der Waals surface area (Å²) in [4.78, 5) is 72.0. The van der Waals surface area contributed by atoms with E-state index in [9.17, 15) is 19.2 Å². The predicted octanol–water partition coefficient (Wildman–Crippen LogP) is 5.44. The maximum absolute atomic E-state index is 12.2. The van der Waals surface area contributed by atoms with E-state index < -0.39 is 0 Å². The third kappa shape index (κ3) is 11.9. The molecule has 0 spiro atoms. The smallest absolute Gasteiger partial charge is 0.269 e. The third-order valence-electron chi connectivity index (χ3n) is 11.7. The van der Waals surface area contributed by atoms with Crippen LogP contribution in [0.25, 0.3) is 12.2 Å². The van der Waals surface area contributed by atoms with Crippen LogP contribution in [-0.4, -0.2) is 115 Å². The quantitative estimate of drug-likeness (QED) is 0.183. The number of ketones is 2. The van der Waals surface area contributed by atoms with Crippen molar-refractivity contribution in [3.05, 3.63) is 116 Å². The van der Waals surface area contributed by atoms with Crippen LogP contribution in [0.2, 0.25) is 0 Å². The molecule has 15 heteroatoms. The number of alkyl halides is 1. The van der Waals surface area contributed by atoms with Gasteiger partial charge in [-0.05, 0) is 96.5 Å². The highest BCUT2D eigenvalue weighted by Crippen LogP contribution is 2.26. The van der Waals surface area contributed by atoms with E-state index in [1.54, 1.807) is 26.2 Å². The van der Waals surface area contributed by atoms with Crippen LogP contribution in [0.5, 0.6) is 0 Å². The number of carbonyl (C=O) groups excluding carboxylic acids is 4. The van der Waals surface area contributed by atoms with Crippen LogP contribution >= 0.6 is 15.9 Å². The Bertz CT molecular complexity index is 2380. The summed E-state index contributed by atoms with van der Waals surface area (Å²) in [5.41, 5.74) is 12.9. The minimum absolute atomic E-state index is 0.139. The van der Waals surface area contributed by atoms with Gasteiger partial charge in [-0.25, -0.2) is 9.97 Å². The lowest BCUT2D eigenvalue weighted by Gasteiger charge is -2.36. The van der Waals surface area contributed by atoms with Gasteiger partial charge < -0.3 is 25.8 Å². The summed E-state index contributed by atoms with van der Waals surface area (Å²) in [5, 5.41) is 9.30. The Kier molecular flexibility index (Phi) is 16.5. The van der Waals surface area contributed by atoms with Gasteiger partial charge in [-0.2, -0.15) is 0 Å². The van der Waals surface area contributed by atoms with Gasteiger partial charge in [0.15, 0.2) is 11.6 Å². The van der Waals surface area contributed by atoms with Gasteiger partial charge in [-0.15, -0.1) is 0 Å². The van der Waals surface area contributed by atoms with Gasteiger partial charge in [0, 0.05) is 104 Å². The van der Waals surface area contributed by atoms with Crippen molar-refractivity contribution in [2.24, 2.45) is 0 Å². The van der Waals surface area contributed by atoms with Crippen molar-refractivity contribution in [3.8, 4) is 0 Å². The molecule has 0 radical (unpaired) electrons. The second kappa shape index (κ2) is 22.1. The molecule has 14 nitrogen and oxygen atoms in total. The number of nitrogens with zero attached hydrogens (tertiary/aromatic N) is 7. The Balaban J connectivity index is 0.000000174. The van der Waals surface area contributed by atoms with Crippen LogP contribution in [0.15, 0.2) is 59.9 Å². The van der Waals surface area contributed by atoms with Crippen LogP contribution in [0.4, 0.5) is 11.4 Å². The highest BCUT2D eigenvalue weighted by atomic mass is 79.9. The highest BCUT2D eigenvalue weighted by Gasteiger charge is 2.23. The Hall–Kier alpha value is -5.64.